The molecule has 10 heteroatoms. The lowest BCUT2D eigenvalue weighted by Crippen LogP contribution is -2.52. The fourth-order valence-corrected chi connectivity index (χ4v) is 4.18. The van der Waals surface area contributed by atoms with Gasteiger partial charge in [0.25, 0.3) is 5.91 Å². The lowest BCUT2D eigenvalue weighted by atomic mass is 9.83. The number of hydrogen-bond acceptors (Lipinski definition) is 8. The molecule has 0 saturated carbocycles. The lowest BCUT2D eigenvalue weighted by Gasteiger charge is -2.30. The van der Waals surface area contributed by atoms with Gasteiger partial charge < -0.3 is 19.3 Å². The summed E-state index contributed by atoms with van der Waals surface area (Å²) in [5, 5.41) is 8.95. The van der Waals surface area contributed by atoms with Gasteiger partial charge in [-0.3, -0.25) is 15.0 Å². The Labute approximate surface area is 225 Å². The normalized spacial score (nSPS) is 19.1. The number of amides is 1. The largest absolute Gasteiger partial charge is 0.494 e. The molecule has 2 aromatic rings. The Kier molecular flexibility index (Phi) is 9.69. The summed E-state index contributed by atoms with van der Waals surface area (Å²) in [5.41, 5.74) is 4.64. The maximum absolute atomic E-state index is 13.5. The summed E-state index contributed by atoms with van der Waals surface area (Å²) >= 11 is 3.45. The Morgan fingerprint density at radius 3 is 2.41 bits per heavy atom. The summed E-state index contributed by atoms with van der Waals surface area (Å²) in [5.74, 6) is 0.0757. The van der Waals surface area contributed by atoms with Gasteiger partial charge in [-0.15, -0.1) is 0 Å². The first-order valence-corrected chi connectivity index (χ1v) is 12.9. The van der Waals surface area contributed by atoms with Crippen LogP contribution in [0.1, 0.15) is 57.3 Å². The van der Waals surface area contributed by atoms with Crippen LogP contribution < -0.4 is 15.6 Å². The Bertz CT molecular complexity index is 1100. The van der Waals surface area contributed by atoms with Crippen LogP contribution in [0.15, 0.2) is 58.0 Å². The Hall–Kier alpha value is -2.95. The molecule has 0 aliphatic carbocycles. The Morgan fingerprint density at radius 1 is 1.14 bits per heavy atom. The number of hydrazine groups is 1. The number of rotatable bonds is 11. The van der Waals surface area contributed by atoms with E-state index in [1.54, 1.807) is 52.1 Å². The number of hydrogen-bond donors (Lipinski definition) is 3. The number of halogens is 1. The van der Waals surface area contributed by atoms with E-state index < -0.39 is 29.1 Å². The van der Waals surface area contributed by atoms with Crippen LogP contribution in [0.25, 0.3) is 0 Å². The van der Waals surface area contributed by atoms with Gasteiger partial charge in [-0.1, -0.05) is 28.1 Å². The third-order valence-electron chi connectivity index (χ3n) is 5.57. The minimum atomic E-state index is -1.43. The van der Waals surface area contributed by atoms with Gasteiger partial charge in [-0.2, -0.15) is 0 Å². The third kappa shape index (κ3) is 7.53. The van der Waals surface area contributed by atoms with Gasteiger partial charge in [0.05, 0.1) is 6.61 Å². The molecule has 2 atom stereocenters. The van der Waals surface area contributed by atoms with Gasteiger partial charge in [-0.25, -0.2) is 10.4 Å². The third-order valence-corrected chi connectivity index (χ3v) is 6.10. The molecule has 0 spiro atoms. The molecule has 0 radical (unpaired) electrons. The van der Waals surface area contributed by atoms with E-state index in [2.05, 4.69) is 26.8 Å². The molecule has 0 saturated heterocycles. The molecule has 1 aliphatic heterocycles. The van der Waals surface area contributed by atoms with Crippen molar-refractivity contribution in [3.8, 4) is 5.75 Å². The summed E-state index contributed by atoms with van der Waals surface area (Å²) in [4.78, 5) is 31.0. The highest BCUT2D eigenvalue weighted by Crippen LogP contribution is 2.43. The minimum Gasteiger partial charge on any atom is -0.494 e. The number of esters is 1. The van der Waals surface area contributed by atoms with Gasteiger partial charge in [0, 0.05) is 36.5 Å². The van der Waals surface area contributed by atoms with E-state index in [0.29, 0.717) is 24.3 Å². The van der Waals surface area contributed by atoms with E-state index in [1.165, 1.54) is 0 Å². The van der Waals surface area contributed by atoms with Crippen LogP contribution in [0.5, 0.6) is 5.75 Å². The van der Waals surface area contributed by atoms with E-state index >= 15 is 0 Å². The van der Waals surface area contributed by atoms with Crippen molar-refractivity contribution in [1.82, 2.24) is 10.9 Å². The molecule has 0 unspecified atom stereocenters. The number of aliphatic hydroxyl groups excluding tert-OH is 1. The maximum Gasteiger partial charge on any atom is 0.306 e. The van der Waals surface area contributed by atoms with E-state index in [4.69, 9.17) is 24.3 Å². The number of aliphatic hydroxyl groups is 1. The molecule has 200 valence electrons. The van der Waals surface area contributed by atoms with Crippen molar-refractivity contribution in [3.05, 3.63) is 64.1 Å². The van der Waals surface area contributed by atoms with Gasteiger partial charge in [0.15, 0.2) is 11.6 Å². The van der Waals surface area contributed by atoms with Crippen LogP contribution in [-0.4, -0.2) is 54.3 Å². The van der Waals surface area contributed by atoms with Crippen LogP contribution in [-0.2, 0) is 19.1 Å². The molecule has 1 heterocycles. The second kappa shape index (κ2) is 12.5. The van der Waals surface area contributed by atoms with Crippen LogP contribution in [0.4, 0.5) is 0 Å². The molecule has 37 heavy (non-hydrogen) atoms. The summed E-state index contributed by atoms with van der Waals surface area (Å²) in [6.07, 6.45) is -0.208. The Morgan fingerprint density at radius 2 is 1.81 bits per heavy atom. The molecule has 3 rings (SSSR count). The summed E-state index contributed by atoms with van der Waals surface area (Å²) < 4.78 is 18.3. The van der Waals surface area contributed by atoms with Gasteiger partial charge in [-0.05, 0) is 69.2 Å². The summed E-state index contributed by atoms with van der Waals surface area (Å²) in [6.45, 7) is 5.85. The standard InChI is InChI=1S/C27H34BrN3O6/c1-26(2,3)37-22(33)14-15-27(25(34)31-29-4)23(18-6-10-20(28)11-7-18)36-24(30-27)19-8-12-21(13-9-19)35-17-5-16-32/h6-13,23,29,32H,5,14-17H2,1-4H3,(H,31,34)/t23-,27-/m0/s1. The number of ether oxygens (including phenoxy) is 3. The molecule has 0 fully saturated rings. The second-order valence-corrected chi connectivity index (χ2v) is 10.5. The SMILES string of the molecule is CNNC(=O)[C@@]1(CCC(=O)OC(C)(C)C)N=C(c2ccc(OCCCO)cc2)O[C@H]1c1ccc(Br)cc1. The fraction of sp³-hybridized carbons (Fsp3) is 0.444. The van der Waals surface area contributed by atoms with Crippen LogP contribution >= 0.6 is 15.9 Å². The molecular weight excluding hydrogens is 542 g/mol. The molecule has 0 aromatic heterocycles. The van der Waals surface area contributed by atoms with Crippen molar-refractivity contribution in [2.24, 2.45) is 4.99 Å². The predicted molar refractivity (Wildman–Crippen MR) is 143 cm³/mol. The van der Waals surface area contributed by atoms with Crippen molar-refractivity contribution in [2.45, 2.75) is 57.3 Å². The smallest absolute Gasteiger partial charge is 0.306 e. The van der Waals surface area contributed by atoms with E-state index in [-0.39, 0.29) is 25.3 Å². The first-order chi connectivity index (χ1) is 17.6. The highest BCUT2D eigenvalue weighted by atomic mass is 79.9. The van der Waals surface area contributed by atoms with E-state index in [9.17, 15) is 9.59 Å². The number of aliphatic imine (C=N–C) groups is 1. The first-order valence-electron chi connectivity index (χ1n) is 12.1. The van der Waals surface area contributed by atoms with Crippen molar-refractivity contribution < 1.29 is 28.9 Å². The number of nitrogens with one attached hydrogen (secondary N) is 2. The van der Waals surface area contributed by atoms with Gasteiger partial charge >= 0.3 is 5.97 Å². The number of benzene rings is 2. The quantitative estimate of drug-likeness (QED) is 0.211. The van der Waals surface area contributed by atoms with Crippen molar-refractivity contribution >= 4 is 33.7 Å². The second-order valence-electron chi connectivity index (χ2n) is 9.63. The predicted octanol–water partition coefficient (Wildman–Crippen LogP) is 3.84. The fourth-order valence-electron chi connectivity index (χ4n) is 3.91. The average molecular weight is 576 g/mol. The first kappa shape index (κ1) is 28.6. The highest BCUT2D eigenvalue weighted by Gasteiger charge is 2.53. The molecule has 2 aromatic carbocycles. The van der Waals surface area contributed by atoms with Crippen LogP contribution in [0.2, 0.25) is 0 Å². The molecule has 1 aliphatic rings. The van der Waals surface area contributed by atoms with E-state index in [0.717, 1.165) is 10.0 Å². The van der Waals surface area contributed by atoms with Gasteiger partial charge in [0.2, 0.25) is 5.90 Å². The van der Waals surface area contributed by atoms with Crippen molar-refractivity contribution in [2.75, 3.05) is 20.3 Å². The van der Waals surface area contributed by atoms with Crippen molar-refractivity contribution in [3.63, 3.8) is 0 Å². The molecular formula is C27H34BrN3O6. The zero-order chi connectivity index (χ0) is 27.1. The minimum absolute atomic E-state index is 0.0286. The molecule has 1 amide bonds. The van der Waals surface area contributed by atoms with Crippen LogP contribution in [0, 0.1) is 0 Å². The summed E-state index contributed by atoms with van der Waals surface area (Å²) in [7, 11) is 1.59. The highest BCUT2D eigenvalue weighted by molar-refractivity contribution is 9.10. The molecule has 9 nitrogen and oxygen atoms in total. The zero-order valence-electron chi connectivity index (χ0n) is 21.5. The number of carbonyl (C=O) groups excluding carboxylic acids is 2. The van der Waals surface area contributed by atoms with Gasteiger partial charge in [0.1, 0.15) is 11.4 Å². The van der Waals surface area contributed by atoms with Crippen LogP contribution in [0.3, 0.4) is 0 Å². The zero-order valence-corrected chi connectivity index (χ0v) is 23.1. The topological polar surface area (TPSA) is 118 Å². The molecule has 0 bridgehead atoms. The molecule has 3 N–H and O–H groups in total. The van der Waals surface area contributed by atoms with Crippen molar-refractivity contribution in [1.29, 1.82) is 0 Å². The number of carbonyl (C=O) groups is 2. The summed E-state index contributed by atoms with van der Waals surface area (Å²) in [6, 6.07) is 14.6. The average Bonchev–Trinajstić information content (AvgIpc) is 3.24. The monoisotopic (exact) mass is 575 g/mol. The van der Waals surface area contributed by atoms with E-state index in [1.807, 2.05) is 24.3 Å². The Balaban J connectivity index is 1.98. The lowest BCUT2D eigenvalue weighted by molar-refractivity contribution is -0.155. The number of nitrogens with zero attached hydrogens (tertiary/aromatic N) is 1. The maximum atomic E-state index is 13.5.